The quantitative estimate of drug-likeness (QED) is 0.212. The van der Waals surface area contributed by atoms with Crippen molar-refractivity contribution in [3.8, 4) is 22.5 Å². The van der Waals surface area contributed by atoms with Crippen molar-refractivity contribution < 1.29 is 14.4 Å². The third-order valence-electron chi connectivity index (χ3n) is 7.98. The van der Waals surface area contributed by atoms with Gasteiger partial charge in [0, 0.05) is 30.2 Å². The van der Waals surface area contributed by atoms with Gasteiger partial charge in [-0.3, -0.25) is 19.7 Å². The summed E-state index contributed by atoms with van der Waals surface area (Å²) >= 11 is 0. The number of anilines is 2. The standard InChI is InChI=1S/C31H36N10O3.ClH/c1-18-26(17-34-31(35-18)36-19(2)42)24-5-3-4-21(14-24)15-27(33)30(44)41(29(43)23-8-6-20(16-32)7-9-23)25-12-10-22(11-13-25)28-37-39-40-38-28;/h3-5,10-14,17,20,23,27H,6-9,15-16,32-33H2,1-2H3,(H,34,35,36,42)(H,37,38,39,40);1H/t20?,23?,27-;/m0./s1. The number of aryl methyl sites for hydroxylation is 1. The van der Waals surface area contributed by atoms with Crippen LogP contribution in [-0.4, -0.2) is 60.9 Å². The number of hydrogen-bond acceptors (Lipinski definition) is 10. The number of benzene rings is 2. The summed E-state index contributed by atoms with van der Waals surface area (Å²) < 4.78 is 0. The molecule has 0 saturated heterocycles. The number of aromatic nitrogens is 6. The van der Waals surface area contributed by atoms with E-state index in [0.29, 0.717) is 48.1 Å². The smallest absolute Gasteiger partial charge is 0.251 e. The van der Waals surface area contributed by atoms with Crippen LogP contribution in [0.4, 0.5) is 11.6 Å². The van der Waals surface area contributed by atoms with E-state index in [0.717, 1.165) is 29.5 Å². The van der Waals surface area contributed by atoms with Crippen molar-refractivity contribution in [3.05, 3.63) is 66.0 Å². The predicted molar refractivity (Wildman–Crippen MR) is 172 cm³/mol. The Labute approximate surface area is 267 Å². The van der Waals surface area contributed by atoms with Crippen LogP contribution >= 0.6 is 12.4 Å². The Morgan fingerprint density at radius 3 is 2.42 bits per heavy atom. The normalized spacial score (nSPS) is 16.7. The highest BCUT2D eigenvalue weighted by Gasteiger charge is 2.35. The van der Waals surface area contributed by atoms with E-state index in [1.807, 2.05) is 31.2 Å². The SMILES string of the molecule is CC(=O)Nc1ncc(-c2cccc(C[C@H](N)C(=O)N(C(=O)C3CCC(CN)CC3)c3ccc(-c4nn[nH]n4)cc3)c2)c(C)n1.Cl. The number of imide groups is 1. The second-order valence-corrected chi connectivity index (χ2v) is 11.1. The van der Waals surface area contributed by atoms with E-state index in [-0.39, 0.29) is 42.5 Å². The lowest BCUT2D eigenvalue weighted by Crippen LogP contribution is -2.50. The number of H-pyrrole nitrogens is 1. The maximum absolute atomic E-state index is 14.0. The molecule has 236 valence electrons. The van der Waals surface area contributed by atoms with Gasteiger partial charge in [0.25, 0.3) is 5.91 Å². The van der Waals surface area contributed by atoms with Crippen molar-refractivity contribution in [2.24, 2.45) is 23.3 Å². The predicted octanol–water partition coefficient (Wildman–Crippen LogP) is 3.21. The Morgan fingerprint density at radius 2 is 1.80 bits per heavy atom. The van der Waals surface area contributed by atoms with E-state index < -0.39 is 11.9 Å². The van der Waals surface area contributed by atoms with Gasteiger partial charge < -0.3 is 11.5 Å². The maximum Gasteiger partial charge on any atom is 0.251 e. The number of rotatable bonds is 9. The van der Waals surface area contributed by atoms with Crippen molar-refractivity contribution in [3.63, 3.8) is 0 Å². The molecule has 5 rings (SSSR count). The minimum atomic E-state index is -0.981. The molecule has 0 aliphatic heterocycles. The molecule has 0 unspecified atom stereocenters. The zero-order valence-electron chi connectivity index (χ0n) is 25.1. The van der Waals surface area contributed by atoms with Crippen molar-refractivity contribution in [2.75, 3.05) is 16.8 Å². The minimum absolute atomic E-state index is 0. The van der Waals surface area contributed by atoms with Gasteiger partial charge in [-0.05, 0) is 92.1 Å². The van der Waals surface area contributed by atoms with Gasteiger partial charge in [-0.25, -0.2) is 14.9 Å². The second kappa shape index (κ2) is 14.9. The molecule has 3 amide bonds. The van der Waals surface area contributed by atoms with Gasteiger partial charge in [0.15, 0.2) is 0 Å². The molecule has 1 atom stereocenters. The molecule has 1 saturated carbocycles. The Hall–Kier alpha value is -4.59. The lowest BCUT2D eigenvalue weighted by Gasteiger charge is -2.32. The van der Waals surface area contributed by atoms with Gasteiger partial charge in [-0.15, -0.1) is 22.6 Å². The Balaban J connectivity index is 0.00000461. The molecule has 0 bridgehead atoms. The molecule has 2 heterocycles. The molecule has 2 aromatic heterocycles. The summed E-state index contributed by atoms with van der Waals surface area (Å²) in [6.07, 6.45) is 4.89. The molecule has 45 heavy (non-hydrogen) atoms. The molecule has 1 aliphatic rings. The van der Waals surface area contributed by atoms with Crippen LogP contribution in [-0.2, 0) is 20.8 Å². The van der Waals surface area contributed by atoms with Gasteiger partial charge >= 0.3 is 0 Å². The number of nitrogens with zero attached hydrogens (tertiary/aromatic N) is 6. The van der Waals surface area contributed by atoms with Gasteiger partial charge in [-0.2, -0.15) is 5.21 Å². The summed E-state index contributed by atoms with van der Waals surface area (Å²) in [7, 11) is 0. The van der Waals surface area contributed by atoms with E-state index in [9.17, 15) is 14.4 Å². The molecule has 13 nitrogen and oxygen atoms in total. The Bertz CT molecular complexity index is 1620. The van der Waals surface area contributed by atoms with Crippen LogP contribution in [0.3, 0.4) is 0 Å². The molecule has 0 radical (unpaired) electrons. The second-order valence-electron chi connectivity index (χ2n) is 11.1. The van der Waals surface area contributed by atoms with Gasteiger partial charge in [0.05, 0.1) is 17.4 Å². The maximum atomic E-state index is 14.0. The molecule has 6 N–H and O–H groups in total. The van der Waals surface area contributed by atoms with E-state index >= 15 is 0 Å². The average Bonchev–Trinajstić information content (AvgIpc) is 3.57. The lowest BCUT2D eigenvalue weighted by atomic mass is 9.81. The highest BCUT2D eigenvalue weighted by molar-refractivity contribution is 6.17. The number of nitrogens with two attached hydrogens (primary N) is 2. The van der Waals surface area contributed by atoms with Crippen LogP contribution in [0.2, 0.25) is 0 Å². The Morgan fingerprint density at radius 1 is 1.07 bits per heavy atom. The number of amides is 3. The van der Waals surface area contributed by atoms with Gasteiger partial charge in [-0.1, -0.05) is 24.3 Å². The first-order chi connectivity index (χ1) is 21.2. The number of nitrogens with one attached hydrogen (secondary N) is 2. The molecule has 14 heteroatoms. The third kappa shape index (κ3) is 7.93. The van der Waals surface area contributed by atoms with Crippen LogP contribution in [0, 0.1) is 18.8 Å². The number of carbonyl (C=O) groups is 3. The number of tetrazole rings is 1. The average molecular weight is 633 g/mol. The topological polar surface area (TPSA) is 199 Å². The highest BCUT2D eigenvalue weighted by Crippen LogP contribution is 2.32. The van der Waals surface area contributed by atoms with E-state index in [2.05, 4.69) is 35.9 Å². The van der Waals surface area contributed by atoms with E-state index in [4.69, 9.17) is 11.5 Å². The summed E-state index contributed by atoms with van der Waals surface area (Å²) in [6, 6.07) is 13.5. The van der Waals surface area contributed by atoms with Crippen LogP contribution in [0.25, 0.3) is 22.5 Å². The summed E-state index contributed by atoms with van der Waals surface area (Å²) in [5.74, 6) is -0.254. The summed E-state index contributed by atoms with van der Waals surface area (Å²) in [6.45, 7) is 3.82. The van der Waals surface area contributed by atoms with Crippen molar-refractivity contribution in [1.29, 1.82) is 0 Å². The van der Waals surface area contributed by atoms with Crippen molar-refractivity contribution >= 4 is 41.8 Å². The van der Waals surface area contributed by atoms with Gasteiger partial charge in [0.1, 0.15) is 0 Å². The van der Waals surface area contributed by atoms with Crippen LogP contribution in [0.15, 0.2) is 54.7 Å². The first-order valence-electron chi connectivity index (χ1n) is 14.6. The molecule has 4 aromatic rings. The van der Waals surface area contributed by atoms with Crippen LogP contribution in [0.5, 0.6) is 0 Å². The highest BCUT2D eigenvalue weighted by atomic mass is 35.5. The summed E-state index contributed by atoms with van der Waals surface area (Å²) in [5.41, 5.74) is 16.7. The number of carbonyl (C=O) groups excluding carboxylic acids is 3. The number of aromatic amines is 1. The fourth-order valence-corrected chi connectivity index (χ4v) is 5.58. The first-order valence-corrected chi connectivity index (χ1v) is 14.6. The molecule has 1 aliphatic carbocycles. The Kier molecular flexibility index (Phi) is 11.0. The third-order valence-corrected chi connectivity index (χ3v) is 7.98. The largest absolute Gasteiger partial charge is 0.330 e. The molecule has 1 fully saturated rings. The summed E-state index contributed by atoms with van der Waals surface area (Å²) in [5, 5.41) is 16.6. The fraction of sp³-hybridized carbons (Fsp3) is 0.355. The zero-order valence-corrected chi connectivity index (χ0v) is 26.0. The molecule has 2 aromatic carbocycles. The van der Waals surface area contributed by atoms with Crippen molar-refractivity contribution in [2.45, 2.75) is 52.0 Å². The van der Waals surface area contributed by atoms with E-state index in [1.165, 1.54) is 11.8 Å². The number of hydrogen-bond donors (Lipinski definition) is 4. The van der Waals surface area contributed by atoms with E-state index in [1.54, 1.807) is 30.5 Å². The monoisotopic (exact) mass is 632 g/mol. The molecular formula is C31H37ClN10O3. The molecular weight excluding hydrogens is 596 g/mol. The minimum Gasteiger partial charge on any atom is -0.330 e. The lowest BCUT2D eigenvalue weighted by molar-refractivity contribution is -0.130. The number of halogens is 1. The fourth-order valence-electron chi connectivity index (χ4n) is 5.58. The van der Waals surface area contributed by atoms with Gasteiger partial charge in [0.2, 0.25) is 23.6 Å². The van der Waals surface area contributed by atoms with Crippen molar-refractivity contribution in [1.82, 2.24) is 30.6 Å². The zero-order chi connectivity index (χ0) is 31.2. The summed E-state index contributed by atoms with van der Waals surface area (Å²) in [4.78, 5) is 49.1. The van der Waals surface area contributed by atoms with Crippen LogP contribution < -0.4 is 21.7 Å². The van der Waals surface area contributed by atoms with Crippen LogP contribution in [0.1, 0.15) is 43.9 Å². The molecule has 0 spiro atoms. The first kappa shape index (κ1) is 33.3.